The van der Waals surface area contributed by atoms with Crippen molar-refractivity contribution < 1.29 is 0 Å². The van der Waals surface area contributed by atoms with E-state index in [1.807, 2.05) is 11.8 Å². The van der Waals surface area contributed by atoms with Crippen LogP contribution in [0.4, 0.5) is 17.1 Å². The van der Waals surface area contributed by atoms with Gasteiger partial charge in [-0.1, -0.05) is 220 Å². The Kier molecular flexibility index (Phi) is 9.07. The average molecular weight is 836 g/mol. The van der Waals surface area contributed by atoms with Crippen molar-refractivity contribution >= 4 is 39.6 Å². The minimum absolute atomic E-state index is 0.0772. The molecule has 0 atom stereocenters. The zero-order valence-corrected chi connectivity index (χ0v) is 36.7. The SMILES string of the molecule is CC1(C)c2ccccc2Sc2cc(-c3cccc(N(c4ccc5ccccc5c4)c4ccccc4-c4ccccc4C4(c5ccccc5)c5ccccc5-c5ccccc54)c3)ccc21. The molecule has 0 saturated carbocycles. The van der Waals surface area contributed by atoms with Crippen molar-refractivity contribution in [2.75, 3.05) is 4.90 Å². The molecule has 1 aliphatic heterocycles. The fraction of sp³-hybridized carbons (Fsp3) is 0.0645. The molecule has 0 fully saturated rings. The molecule has 0 aromatic heterocycles. The summed E-state index contributed by atoms with van der Waals surface area (Å²) in [7, 11) is 0. The summed E-state index contributed by atoms with van der Waals surface area (Å²) < 4.78 is 0. The van der Waals surface area contributed by atoms with E-state index in [2.05, 4.69) is 255 Å². The molecule has 12 rings (SSSR count). The van der Waals surface area contributed by atoms with Crippen LogP contribution in [0.25, 0.3) is 44.2 Å². The van der Waals surface area contributed by atoms with Gasteiger partial charge < -0.3 is 4.90 Å². The zero-order chi connectivity index (χ0) is 42.8. The maximum atomic E-state index is 2.47. The van der Waals surface area contributed by atoms with E-state index in [-0.39, 0.29) is 5.41 Å². The first-order chi connectivity index (χ1) is 31.5. The van der Waals surface area contributed by atoms with Gasteiger partial charge in [0.05, 0.1) is 11.1 Å². The van der Waals surface area contributed by atoms with E-state index in [0.29, 0.717) is 0 Å². The second-order valence-corrected chi connectivity index (χ2v) is 18.7. The quantitative estimate of drug-likeness (QED) is 0.157. The molecule has 10 aromatic carbocycles. The predicted octanol–water partition coefficient (Wildman–Crippen LogP) is 16.8. The van der Waals surface area contributed by atoms with E-state index < -0.39 is 5.41 Å². The highest BCUT2D eigenvalue weighted by molar-refractivity contribution is 7.99. The van der Waals surface area contributed by atoms with Crippen molar-refractivity contribution in [1.29, 1.82) is 0 Å². The maximum absolute atomic E-state index is 2.47. The van der Waals surface area contributed by atoms with Gasteiger partial charge in [0.15, 0.2) is 0 Å². The minimum Gasteiger partial charge on any atom is -0.310 e. The predicted molar refractivity (Wildman–Crippen MR) is 269 cm³/mol. The molecule has 2 heteroatoms. The lowest BCUT2D eigenvalue weighted by atomic mass is 9.66. The molecular weight excluding hydrogens is 791 g/mol. The van der Waals surface area contributed by atoms with Gasteiger partial charge in [0.2, 0.25) is 0 Å². The van der Waals surface area contributed by atoms with Gasteiger partial charge in [-0.15, -0.1) is 0 Å². The molecular formula is C62H45NS. The van der Waals surface area contributed by atoms with E-state index in [1.54, 1.807) is 0 Å². The normalized spacial score (nSPS) is 14.0. The lowest BCUT2D eigenvalue weighted by molar-refractivity contribution is 0.607. The topological polar surface area (TPSA) is 3.24 Å². The lowest BCUT2D eigenvalue weighted by Crippen LogP contribution is -2.29. The van der Waals surface area contributed by atoms with Gasteiger partial charge in [-0.3, -0.25) is 0 Å². The molecule has 0 N–H and O–H groups in total. The minimum atomic E-state index is -0.550. The summed E-state index contributed by atoms with van der Waals surface area (Å²) in [6.07, 6.45) is 0. The fourth-order valence-electron chi connectivity index (χ4n) is 10.8. The van der Waals surface area contributed by atoms with Crippen LogP contribution in [-0.4, -0.2) is 0 Å². The van der Waals surface area contributed by atoms with E-state index in [0.717, 1.165) is 17.1 Å². The summed E-state index contributed by atoms with van der Waals surface area (Å²) >= 11 is 1.89. The maximum Gasteiger partial charge on any atom is 0.0719 e. The molecule has 1 heterocycles. The second-order valence-electron chi connectivity index (χ2n) is 17.6. The molecule has 0 bridgehead atoms. The summed E-state index contributed by atoms with van der Waals surface area (Å²) in [4.78, 5) is 5.13. The van der Waals surface area contributed by atoms with Crippen LogP contribution >= 0.6 is 11.8 Å². The Morgan fingerprint density at radius 3 is 1.59 bits per heavy atom. The first-order valence-corrected chi connectivity index (χ1v) is 23.1. The van der Waals surface area contributed by atoms with Crippen LogP contribution in [0.1, 0.15) is 47.2 Å². The third-order valence-electron chi connectivity index (χ3n) is 13.8. The highest BCUT2D eigenvalue weighted by Gasteiger charge is 2.47. The third-order valence-corrected chi connectivity index (χ3v) is 14.9. The van der Waals surface area contributed by atoms with E-state index >= 15 is 0 Å². The smallest absolute Gasteiger partial charge is 0.0719 e. The number of fused-ring (bicyclic) bond motifs is 6. The summed E-state index contributed by atoms with van der Waals surface area (Å²) in [5.41, 5.74) is 17.9. The van der Waals surface area contributed by atoms with Crippen molar-refractivity contribution in [3.8, 4) is 33.4 Å². The Morgan fingerprint density at radius 1 is 0.344 bits per heavy atom. The van der Waals surface area contributed by atoms with E-state index in [1.165, 1.54) is 87.3 Å². The van der Waals surface area contributed by atoms with Crippen LogP contribution in [0.5, 0.6) is 0 Å². The molecule has 1 aliphatic carbocycles. The van der Waals surface area contributed by atoms with Gasteiger partial charge in [0.1, 0.15) is 0 Å². The Bertz CT molecular complexity index is 3370. The molecule has 0 spiro atoms. The molecule has 304 valence electrons. The van der Waals surface area contributed by atoms with Crippen molar-refractivity contribution in [2.24, 2.45) is 0 Å². The van der Waals surface area contributed by atoms with E-state index in [9.17, 15) is 0 Å². The van der Waals surface area contributed by atoms with Crippen molar-refractivity contribution in [2.45, 2.75) is 34.5 Å². The Morgan fingerprint density at radius 2 is 0.875 bits per heavy atom. The van der Waals surface area contributed by atoms with Crippen LogP contribution in [0.3, 0.4) is 0 Å². The van der Waals surface area contributed by atoms with Crippen LogP contribution < -0.4 is 4.90 Å². The van der Waals surface area contributed by atoms with Crippen LogP contribution in [0, 0.1) is 0 Å². The standard InChI is InChI=1S/C62H45NS/c1-61(2)56-32-15-17-34-59(56)64-60-41-45(36-38-57(60)61)44-21-18-24-47(40-44)63(48-37-35-42-19-6-7-20-43(42)39-48)58-33-16-11-28-52(58)51-27-10-14-31-55(51)62(46-22-4-3-5-23-46)53-29-12-8-25-49(53)50-26-9-13-30-54(50)62/h3-41H,1-2H3. The Hall–Kier alpha value is -7.39. The number of rotatable bonds is 7. The van der Waals surface area contributed by atoms with Gasteiger partial charge >= 0.3 is 0 Å². The first kappa shape index (κ1) is 38.3. The van der Waals surface area contributed by atoms with Crippen molar-refractivity contribution in [1.82, 2.24) is 0 Å². The average Bonchev–Trinajstić information content (AvgIpc) is 3.65. The number of hydrogen-bond donors (Lipinski definition) is 0. The first-order valence-electron chi connectivity index (χ1n) is 22.3. The number of anilines is 3. The molecule has 64 heavy (non-hydrogen) atoms. The van der Waals surface area contributed by atoms with Crippen LogP contribution in [0.15, 0.2) is 246 Å². The molecule has 1 nitrogen and oxygen atoms in total. The Balaban J connectivity index is 1.07. The Labute approximate surface area is 380 Å². The number of benzene rings is 10. The molecule has 0 saturated heterocycles. The van der Waals surface area contributed by atoms with Crippen molar-refractivity contribution in [3.05, 3.63) is 270 Å². The lowest BCUT2D eigenvalue weighted by Gasteiger charge is -2.36. The number of hydrogen-bond acceptors (Lipinski definition) is 2. The molecule has 0 amide bonds. The zero-order valence-electron chi connectivity index (χ0n) is 35.9. The summed E-state index contributed by atoms with van der Waals surface area (Å²) in [5.74, 6) is 0. The van der Waals surface area contributed by atoms with Gasteiger partial charge in [0.25, 0.3) is 0 Å². The van der Waals surface area contributed by atoms with Crippen LogP contribution in [0.2, 0.25) is 0 Å². The number of nitrogens with zero attached hydrogens (tertiary/aromatic N) is 1. The highest BCUT2D eigenvalue weighted by Crippen LogP contribution is 2.58. The highest BCUT2D eigenvalue weighted by atomic mass is 32.2. The summed E-state index contributed by atoms with van der Waals surface area (Å²) in [5, 5.41) is 2.42. The molecule has 0 unspecified atom stereocenters. The molecule has 0 radical (unpaired) electrons. The summed E-state index contributed by atoms with van der Waals surface area (Å²) in [6, 6.07) is 87.9. The van der Waals surface area contributed by atoms with Gasteiger partial charge in [-0.2, -0.15) is 0 Å². The summed E-state index contributed by atoms with van der Waals surface area (Å²) in [6.45, 7) is 4.71. The van der Waals surface area contributed by atoms with Crippen molar-refractivity contribution in [3.63, 3.8) is 0 Å². The largest absolute Gasteiger partial charge is 0.310 e. The fourth-order valence-corrected chi connectivity index (χ4v) is 12.3. The molecule has 2 aliphatic rings. The second kappa shape index (κ2) is 15.2. The third kappa shape index (κ3) is 5.94. The van der Waals surface area contributed by atoms with Gasteiger partial charge in [-0.25, -0.2) is 0 Å². The molecule has 10 aromatic rings. The van der Waals surface area contributed by atoms with Gasteiger partial charge in [0, 0.05) is 32.1 Å². The number of para-hydroxylation sites is 1. The van der Waals surface area contributed by atoms with Crippen LogP contribution in [-0.2, 0) is 10.8 Å². The monoisotopic (exact) mass is 835 g/mol. The van der Waals surface area contributed by atoms with E-state index in [4.69, 9.17) is 0 Å². The van der Waals surface area contributed by atoms with Gasteiger partial charge in [-0.05, 0) is 114 Å².